The van der Waals surface area contributed by atoms with E-state index in [1.165, 1.54) is 16.7 Å². The lowest BCUT2D eigenvalue weighted by Gasteiger charge is -2.16. The molecule has 0 radical (unpaired) electrons. The number of esters is 1. The highest BCUT2D eigenvalue weighted by molar-refractivity contribution is 8.00. The third-order valence-electron chi connectivity index (χ3n) is 3.29. The van der Waals surface area contributed by atoms with Crippen LogP contribution in [-0.4, -0.2) is 55.2 Å². The summed E-state index contributed by atoms with van der Waals surface area (Å²) >= 11 is 1.27. The highest BCUT2D eigenvalue weighted by Crippen LogP contribution is 2.24. The maximum Gasteiger partial charge on any atom is 0.340 e. The predicted molar refractivity (Wildman–Crippen MR) is 98.6 cm³/mol. The van der Waals surface area contributed by atoms with Gasteiger partial charge in [-0.3, -0.25) is 9.59 Å². The molecular weight excluding hydrogens is 340 g/mol. The summed E-state index contributed by atoms with van der Waals surface area (Å²) in [5, 5.41) is 2.73. The first-order valence-corrected chi connectivity index (χ1v) is 9.11. The Labute approximate surface area is 153 Å². The first-order chi connectivity index (χ1) is 11.7. The molecular formula is C18H26N2O4S. The maximum atomic E-state index is 12.4. The molecule has 0 saturated heterocycles. The van der Waals surface area contributed by atoms with Crippen LogP contribution in [0.25, 0.3) is 0 Å². The van der Waals surface area contributed by atoms with Gasteiger partial charge in [0.15, 0.2) is 6.10 Å². The molecule has 0 fully saturated rings. The van der Waals surface area contributed by atoms with Crippen molar-refractivity contribution < 1.29 is 19.1 Å². The number of hydrogen-bond donors (Lipinski definition) is 1. The van der Waals surface area contributed by atoms with Crippen molar-refractivity contribution in [3.05, 3.63) is 29.8 Å². The van der Waals surface area contributed by atoms with Gasteiger partial charge in [-0.05, 0) is 25.0 Å². The van der Waals surface area contributed by atoms with Crippen molar-refractivity contribution in [3.63, 3.8) is 0 Å². The number of ether oxygens (including phenoxy) is 1. The monoisotopic (exact) mass is 366 g/mol. The Morgan fingerprint density at radius 3 is 2.40 bits per heavy atom. The third kappa shape index (κ3) is 7.17. The zero-order valence-corrected chi connectivity index (χ0v) is 16.2. The molecule has 1 aromatic carbocycles. The van der Waals surface area contributed by atoms with Gasteiger partial charge in [0.1, 0.15) is 0 Å². The molecule has 0 aliphatic rings. The highest BCUT2D eigenvalue weighted by atomic mass is 32.2. The Morgan fingerprint density at radius 2 is 1.80 bits per heavy atom. The van der Waals surface area contributed by atoms with Crippen LogP contribution in [0.4, 0.5) is 0 Å². The van der Waals surface area contributed by atoms with E-state index in [4.69, 9.17) is 4.74 Å². The van der Waals surface area contributed by atoms with E-state index in [1.54, 1.807) is 45.3 Å². The van der Waals surface area contributed by atoms with E-state index in [0.717, 1.165) is 0 Å². The van der Waals surface area contributed by atoms with Crippen molar-refractivity contribution >= 4 is 29.5 Å². The molecule has 2 amide bonds. The average molecular weight is 366 g/mol. The molecule has 0 unspecified atom stereocenters. The third-order valence-corrected chi connectivity index (χ3v) is 4.35. The molecule has 0 aromatic heterocycles. The van der Waals surface area contributed by atoms with Crippen LogP contribution in [0.15, 0.2) is 29.2 Å². The second-order valence-corrected chi connectivity index (χ2v) is 7.28. The molecule has 1 atom stereocenters. The van der Waals surface area contributed by atoms with E-state index >= 15 is 0 Å². The topological polar surface area (TPSA) is 75.7 Å². The van der Waals surface area contributed by atoms with E-state index in [0.29, 0.717) is 22.9 Å². The fourth-order valence-electron chi connectivity index (χ4n) is 1.76. The molecule has 0 bridgehead atoms. The van der Waals surface area contributed by atoms with Crippen LogP contribution in [0.2, 0.25) is 0 Å². The minimum Gasteiger partial charge on any atom is -0.449 e. The average Bonchev–Trinajstić information content (AvgIpc) is 2.57. The second-order valence-electron chi connectivity index (χ2n) is 6.26. The number of amides is 2. The minimum atomic E-state index is -0.882. The first-order valence-electron chi connectivity index (χ1n) is 8.13. The summed E-state index contributed by atoms with van der Waals surface area (Å²) in [6, 6.07) is 6.90. The molecule has 7 heteroatoms. The van der Waals surface area contributed by atoms with Crippen molar-refractivity contribution in [2.75, 3.05) is 26.4 Å². The molecule has 1 N–H and O–H groups in total. The largest absolute Gasteiger partial charge is 0.449 e. The Balaban J connectivity index is 2.72. The Hall–Kier alpha value is -2.02. The number of nitrogens with one attached hydrogen (secondary N) is 1. The molecule has 0 spiro atoms. The second kappa shape index (κ2) is 10.1. The SMILES string of the molecule is CC(C)CNC(=O)[C@@H](C)OC(=O)c1ccccc1SCC(=O)N(C)C. The number of carbonyl (C=O) groups excluding carboxylic acids is 3. The minimum absolute atomic E-state index is 0.0467. The summed E-state index contributed by atoms with van der Waals surface area (Å²) in [5.74, 6) is -0.405. The van der Waals surface area contributed by atoms with Crippen molar-refractivity contribution in [2.24, 2.45) is 5.92 Å². The molecule has 138 valence electrons. The van der Waals surface area contributed by atoms with Gasteiger partial charge in [0.25, 0.3) is 5.91 Å². The number of nitrogens with zero attached hydrogens (tertiary/aromatic N) is 1. The van der Waals surface area contributed by atoms with Gasteiger partial charge in [-0.1, -0.05) is 26.0 Å². The van der Waals surface area contributed by atoms with Crippen molar-refractivity contribution in [2.45, 2.75) is 31.8 Å². The summed E-state index contributed by atoms with van der Waals surface area (Å²) in [6.07, 6.45) is -0.882. The molecule has 1 aromatic rings. The van der Waals surface area contributed by atoms with Gasteiger partial charge in [0.2, 0.25) is 5.91 Å². The lowest BCUT2D eigenvalue weighted by atomic mass is 10.2. The van der Waals surface area contributed by atoms with Gasteiger partial charge in [0, 0.05) is 25.5 Å². The van der Waals surface area contributed by atoms with Crippen LogP contribution < -0.4 is 5.32 Å². The molecule has 25 heavy (non-hydrogen) atoms. The molecule has 1 rings (SSSR count). The summed E-state index contributed by atoms with van der Waals surface area (Å²) in [6.45, 7) is 6.04. The van der Waals surface area contributed by atoms with E-state index in [2.05, 4.69) is 5.32 Å². The number of thioether (sulfide) groups is 1. The lowest BCUT2D eigenvalue weighted by Crippen LogP contribution is -2.37. The van der Waals surface area contributed by atoms with Crippen LogP contribution >= 0.6 is 11.8 Å². The normalized spacial score (nSPS) is 11.8. The van der Waals surface area contributed by atoms with Crippen LogP contribution in [0.3, 0.4) is 0 Å². The molecule has 0 saturated carbocycles. The Morgan fingerprint density at radius 1 is 1.16 bits per heavy atom. The van der Waals surface area contributed by atoms with Crippen molar-refractivity contribution in [1.29, 1.82) is 0 Å². The first kappa shape index (κ1) is 21.0. The summed E-state index contributed by atoms with van der Waals surface area (Å²) < 4.78 is 5.27. The molecule has 6 nitrogen and oxygen atoms in total. The number of hydrogen-bond acceptors (Lipinski definition) is 5. The van der Waals surface area contributed by atoms with Crippen molar-refractivity contribution in [1.82, 2.24) is 10.2 Å². The van der Waals surface area contributed by atoms with E-state index in [9.17, 15) is 14.4 Å². The van der Waals surface area contributed by atoms with Crippen LogP contribution in [-0.2, 0) is 14.3 Å². The van der Waals surface area contributed by atoms with Gasteiger partial charge in [-0.15, -0.1) is 11.8 Å². The molecule has 0 aliphatic carbocycles. The quantitative estimate of drug-likeness (QED) is 0.564. The van der Waals surface area contributed by atoms with Gasteiger partial charge in [-0.2, -0.15) is 0 Å². The van der Waals surface area contributed by atoms with Crippen LogP contribution in [0.5, 0.6) is 0 Å². The van der Waals surface area contributed by atoms with E-state index in [1.807, 2.05) is 13.8 Å². The standard InChI is InChI=1S/C18H26N2O4S/c1-12(2)10-19-17(22)13(3)24-18(23)14-8-6-7-9-15(14)25-11-16(21)20(4)5/h6-9,12-13H,10-11H2,1-5H3,(H,19,22)/t13-/m1/s1. The number of rotatable bonds is 8. The number of carbonyl (C=O) groups is 3. The zero-order valence-electron chi connectivity index (χ0n) is 15.4. The van der Waals surface area contributed by atoms with Crippen LogP contribution in [0.1, 0.15) is 31.1 Å². The Kier molecular flexibility index (Phi) is 8.48. The van der Waals surface area contributed by atoms with Crippen molar-refractivity contribution in [3.8, 4) is 0 Å². The smallest absolute Gasteiger partial charge is 0.340 e. The molecule has 0 aliphatic heterocycles. The number of benzene rings is 1. The maximum absolute atomic E-state index is 12.4. The van der Waals surface area contributed by atoms with Crippen LogP contribution in [0, 0.1) is 5.92 Å². The predicted octanol–water partition coefficient (Wildman–Crippen LogP) is 2.18. The summed E-state index contributed by atoms with van der Waals surface area (Å²) in [5.41, 5.74) is 0.350. The zero-order chi connectivity index (χ0) is 19.0. The molecule has 0 heterocycles. The lowest BCUT2D eigenvalue weighted by molar-refractivity contribution is -0.129. The summed E-state index contributed by atoms with van der Waals surface area (Å²) in [4.78, 5) is 38.2. The van der Waals surface area contributed by atoms with E-state index < -0.39 is 12.1 Å². The van der Waals surface area contributed by atoms with Gasteiger partial charge in [0.05, 0.1) is 11.3 Å². The fourth-order valence-corrected chi connectivity index (χ4v) is 2.77. The highest BCUT2D eigenvalue weighted by Gasteiger charge is 2.21. The summed E-state index contributed by atoms with van der Waals surface area (Å²) in [7, 11) is 3.36. The fraction of sp³-hybridized carbons (Fsp3) is 0.500. The van der Waals surface area contributed by atoms with Gasteiger partial charge < -0.3 is 15.0 Å². The van der Waals surface area contributed by atoms with Gasteiger partial charge >= 0.3 is 5.97 Å². The van der Waals surface area contributed by atoms with Gasteiger partial charge in [-0.25, -0.2) is 4.79 Å². The Bertz CT molecular complexity index is 617. The van der Waals surface area contributed by atoms with E-state index in [-0.39, 0.29) is 17.6 Å².